The van der Waals surface area contributed by atoms with E-state index in [0.717, 1.165) is 11.3 Å². The van der Waals surface area contributed by atoms with E-state index >= 15 is 0 Å². The first-order chi connectivity index (χ1) is 8.56. The standard InChI is InChI=1S/C13H16N2O3/c1-9-3-2-4-14-11(9)6-12(16)15-7-10(8-15)5-13(17)18/h2-4,10H,5-8H2,1H3,(H,17,18). The molecule has 0 unspecified atom stereocenters. The molecule has 1 saturated heterocycles. The number of nitrogens with zero attached hydrogens (tertiary/aromatic N) is 2. The maximum atomic E-state index is 11.9. The lowest BCUT2D eigenvalue weighted by Gasteiger charge is -2.38. The lowest BCUT2D eigenvalue weighted by molar-refractivity contribution is -0.144. The summed E-state index contributed by atoms with van der Waals surface area (Å²) < 4.78 is 0. The Morgan fingerprint density at radius 3 is 2.83 bits per heavy atom. The molecular weight excluding hydrogens is 232 g/mol. The van der Waals surface area contributed by atoms with Gasteiger partial charge in [0, 0.05) is 25.2 Å². The Morgan fingerprint density at radius 1 is 1.50 bits per heavy atom. The molecule has 0 bridgehead atoms. The number of likely N-dealkylation sites (tertiary alicyclic amines) is 1. The fraction of sp³-hybridized carbons (Fsp3) is 0.462. The third-order valence-electron chi connectivity index (χ3n) is 3.21. The summed E-state index contributed by atoms with van der Waals surface area (Å²) in [4.78, 5) is 28.3. The van der Waals surface area contributed by atoms with Crippen molar-refractivity contribution in [2.24, 2.45) is 5.92 Å². The number of carboxylic acid groups (broad SMARTS) is 1. The highest BCUT2D eigenvalue weighted by Gasteiger charge is 2.31. The van der Waals surface area contributed by atoms with Gasteiger partial charge in [0.25, 0.3) is 0 Å². The molecule has 5 nitrogen and oxygen atoms in total. The van der Waals surface area contributed by atoms with Crippen LogP contribution in [0.1, 0.15) is 17.7 Å². The molecule has 2 heterocycles. The van der Waals surface area contributed by atoms with E-state index in [0.29, 0.717) is 19.5 Å². The van der Waals surface area contributed by atoms with Gasteiger partial charge >= 0.3 is 5.97 Å². The second kappa shape index (κ2) is 5.16. The van der Waals surface area contributed by atoms with Gasteiger partial charge in [0.1, 0.15) is 0 Å². The molecule has 18 heavy (non-hydrogen) atoms. The van der Waals surface area contributed by atoms with Crippen LogP contribution in [-0.4, -0.2) is 40.0 Å². The van der Waals surface area contributed by atoms with Gasteiger partial charge in [-0.2, -0.15) is 0 Å². The van der Waals surface area contributed by atoms with Crippen molar-refractivity contribution < 1.29 is 14.7 Å². The highest BCUT2D eigenvalue weighted by molar-refractivity contribution is 5.79. The summed E-state index contributed by atoms with van der Waals surface area (Å²) in [7, 11) is 0. The number of aliphatic carboxylic acids is 1. The van der Waals surface area contributed by atoms with E-state index in [2.05, 4.69) is 4.98 Å². The van der Waals surface area contributed by atoms with Crippen molar-refractivity contribution in [1.82, 2.24) is 9.88 Å². The molecule has 1 N–H and O–H groups in total. The first-order valence-electron chi connectivity index (χ1n) is 5.96. The van der Waals surface area contributed by atoms with Crippen molar-refractivity contribution in [2.45, 2.75) is 19.8 Å². The number of pyridine rings is 1. The molecule has 96 valence electrons. The van der Waals surface area contributed by atoms with E-state index in [4.69, 9.17) is 5.11 Å². The topological polar surface area (TPSA) is 70.5 Å². The molecule has 1 aromatic heterocycles. The number of carbonyl (C=O) groups is 2. The summed E-state index contributed by atoms with van der Waals surface area (Å²) in [6.45, 7) is 3.03. The Bertz CT molecular complexity index is 467. The maximum absolute atomic E-state index is 11.9. The first-order valence-corrected chi connectivity index (χ1v) is 5.96. The number of carbonyl (C=O) groups excluding carboxylic acids is 1. The predicted molar refractivity (Wildman–Crippen MR) is 65.0 cm³/mol. The molecule has 1 aliphatic rings. The zero-order valence-corrected chi connectivity index (χ0v) is 10.3. The van der Waals surface area contributed by atoms with Gasteiger partial charge in [0.2, 0.25) is 5.91 Å². The van der Waals surface area contributed by atoms with Crippen LogP contribution < -0.4 is 0 Å². The highest BCUT2D eigenvalue weighted by atomic mass is 16.4. The maximum Gasteiger partial charge on any atom is 0.303 e. The largest absolute Gasteiger partial charge is 0.481 e. The lowest BCUT2D eigenvalue weighted by Crippen LogP contribution is -2.51. The van der Waals surface area contributed by atoms with Gasteiger partial charge in [-0.3, -0.25) is 14.6 Å². The molecule has 5 heteroatoms. The van der Waals surface area contributed by atoms with Crippen LogP contribution in [0.4, 0.5) is 0 Å². The molecule has 0 aliphatic carbocycles. The van der Waals surface area contributed by atoms with Gasteiger partial charge in [-0.05, 0) is 18.6 Å². The summed E-state index contributed by atoms with van der Waals surface area (Å²) in [6.07, 6.45) is 2.12. The molecule has 0 saturated carbocycles. The summed E-state index contributed by atoms with van der Waals surface area (Å²) >= 11 is 0. The van der Waals surface area contributed by atoms with Crippen LogP contribution in [0.2, 0.25) is 0 Å². The molecule has 0 radical (unpaired) electrons. The normalized spacial score (nSPS) is 15.3. The third kappa shape index (κ3) is 2.85. The highest BCUT2D eigenvalue weighted by Crippen LogP contribution is 2.20. The van der Waals surface area contributed by atoms with Crippen LogP contribution >= 0.6 is 0 Å². The van der Waals surface area contributed by atoms with Crippen LogP contribution in [0.3, 0.4) is 0 Å². The Kier molecular flexibility index (Phi) is 3.60. The van der Waals surface area contributed by atoms with Gasteiger partial charge in [-0.25, -0.2) is 0 Å². The first kappa shape index (κ1) is 12.5. The number of carboxylic acids is 1. The monoisotopic (exact) mass is 248 g/mol. The molecule has 0 atom stereocenters. The van der Waals surface area contributed by atoms with Crippen molar-refractivity contribution in [3.8, 4) is 0 Å². The number of amides is 1. The van der Waals surface area contributed by atoms with Gasteiger partial charge in [-0.15, -0.1) is 0 Å². The second-order valence-electron chi connectivity index (χ2n) is 4.71. The van der Waals surface area contributed by atoms with E-state index in [-0.39, 0.29) is 18.2 Å². The number of hydrogen-bond acceptors (Lipinski definition) is 3. The van der Waals surface area contributed by atoms with Crippen molar-refractivity contribution >= 4 is 11.9 Å². The van der Waals surface area contributed by atoms with E-state index in [9.17, 15) is 9.59 Å². The molecule has 1 fully saturated rings. The zero-order valence-electron chi connectivity index (χ0n) is 10.3. The smallest absolute Gasteiger partial charge is 0.303 e. The van der Waals surface area contributed by atoms with Gasteiger partial charge < -0.3 is 10.0 Å². The Labute approximate surface area is 105 Å². The van der Waals surface area contributed by atoms with Crippen LogP contribution in [0.15, 0.2) is 18.3 Å². The summed E-state index contributed by atoms with van der Waals surface area (Å²) in [5.41, 5.74) is 1.80. The number of aryl methyl sites for hydroxylation is 1. The van der Waals surface area contributed by atoms with Crippen molar-refractivity contribution in [2.75, 3.05) is 13.1 Å². The summed E-state index contributed by atoms with van der Waals surface area (Å²) in [5.74, 6) is -0.664. The lowest BCUT2D eigenvalue weighted by atomic mass is 9.95. The molecule has 1 aromatic rings. The van der Waals surface area contributed by atoms with E-state index in [1.807, 2.05) is 19.1 Å². The minimum Gasteiger partial charge on any atom is -0.481 e. The van der Waals surface area contributed by atoms with Crippen LogP contribution in [0.25, 0.3) is 0 Å². The summed E-state index contributed by atoms with van der Waals surface area (Å²) in [5, 5.41) is 8.63. The van der Waals surface area contributed by atoms with Crippen LogP contribution in [0.5, 0.6) is 0 Å². The average Bonchev–Trinajstić information content (AvgIpc) is 2.25. The fourth-order valence-corrected chi connectivity index (χ4v) is 2.11. The van der Waals surface area contributed by atoms with E-state index < -0.39 is 5.97 Å². The number of rotatable bonds is 4. The van der Waals surface area contributed by atoms with Crippen LogP contribution in [-0.2, 0) is 16.0 Å². The van der Waals surface area contributed by atoms with Crippen molar-refractivity contribution in [1.29, 1.82) is 0 Å². The number of hydrogen-bond donors (Lipinski definition) is 1. The molecule has 2 rings (SSSR count). The van der Waals surface area contributed by atoms with Gasteiger partial charge in [0.05, 0.1) is 18.5 Å². The van der Waals surface area contributed by atoms with Crippen molar-refractivity contribution in [3.05, 3.63) is 29.6 Å². The number of aromatic nitrogens is 1. The SMILES string of the molecule is Cc1cccnc1CC(=O)N1CC(CC(=O)O)C1. The van der Waals surface area contributed by atoms with E-state index in [1.54, 1.807) is 11.1 Å². The molecular formula is C13H16N2O3. The minimum absolute atomic E-state index is 0.0263. The predicted octanol–water partition coefficient (Wildman–Crippen LogP) is 0.866. The zero-order chi connectivity index (χ0) is 13.1. The van der Waals surface area contributed by atoms with Gasteiger partial charge in [0.15, 0.2) is 0 Å². The Balaban J connectivity index is 1.84. The van der Waals surface area contributed by atoms with Gasteiger partial charge in [-0.1, -0.05) is 6.07 Å². The average molecular weight is 248 g/mol. The summed E-state index contributed by atoms with van der Waals surface area (Å²) in [6, 6.07) is 3.77. The molecule has 1 aliphatic heterocycles. The van der Waals surface area contributed by atoms with Crippen LogP contribution in [0, 0.1) is 12.8 Å². The molecule has 1 amide bonds. The minimum atomic E-state index is -0.798. The second-order valence-corrected chi connectivity index (χ2v) is 4.71. The Morgan fingerprint density at radius 2 is 2.22 bits per heavy atom. The Hall–Kier alpha value is -1.91. The van der Waals surface area contributed by atoms with E-state index in [1.165, 1.54) is 0 Å². The van der Waals surface area contributed by atoms with Crippen molar-refractivity contribution in [3.63, 3.8) is 0 Å². The quantitative estimate of drug-likeness (QED) is 0.858. The molecule has 0 aromatic carbocycles. The third-order valence-corrected chi connectivity index (χ3v) is 3.21. The molecule has 0 spiro atoms. The fourth-order valence-electron chi connectivity index (χ4n) is 2.11.